The molecule has 1 unspecified atom stereocenters. The number of rotatable bonds is 3. The van der Waals surface area contributed by atoms with Gasteiger partial charge in [0.15, 0.2) is 0 Å². The average Bonchev–Trinajstić information content (AvgIpc) is 3.00. The highest BCUT2D eigenvalue weighted by molar-refractivity contribution is 7.99. The number of halogens is 1. The molecule has 7 heteroatoms. The van der Waals surface area contributed by atoms with E-state index in [9.17, 15) is 9.59 Å². The van der Waals surface area contributed by atoms with E-state index in [0.717, 1.165) is 49.6 Å². The fourth-order valence-corrected chi connectivity index (χ4v) is 4.27. The zero-order valence-electron chi connectivity index (χ0n) is 13.2. The second kappa shape index (κ2) is 8.22. The van der Waals surface area contributed by atoms with E-state index in [1.807, 2.05) is 24.8 Å². The molecule has 3 heterocycles. The third-order valence-electron chi connectivity index (χ3n) is 4.40. The largest absolute Gasteiger partial charge is 0.427 e. The third kappa shape index (κ3) is 4.31. The molecule has 0 aromatic carbocycles. The number of piperidine rings is 1. The molecule has 2 saturated heterocycles. The number of carbonyl (C=O) groups excluding carboxylic acids is 1. The Morgan fingerprint density at radius 1 is 1.35 bits per heavy atom. The summed E-state index contributed by atoms with van der Waals surface area (Å²) in [6.45, 7) is 3.70. The molecule has 2 N–H and O–H groups in total. The Labute approximate surface area is 146 Å². The van der Waals surface area contributed by atoms with Gasteiger partial charge in [-0.25, -0.2) is 4.79 Å². The van der Waals surface area contributed by atoms with E-state index >= 15 is 0 Å². The summed E-state index contributed by atoms with van der Waals surface area (Å²) in [6, 6.07) is 2.04. The lowest BCUT2D eigenvalue weighted by atomic mass is 9.94. The minimum Gasteiger partial charge on any atom is -0.427 e. The van der Waals surface area contributed by atoms with Crippen LogP contribution in [-0.4, -0.2) is 36.5 Å². The number of hydrogen-bond acceptors (Lipinski definition) is 5. The monoisotopic (exact) mass is 358 g/mol. The van der Waals surface area contributed by atoms with Gasteiger partial charge in [0, 0.05) is 17.7 Å². The Bertz CT molecular complexity index is 608. The van der Waals surface area contributed by atoms with Gasteiger partial charge in [-0.3, -0.25) is 4.79 Å². The topological polar surface area (TPSA) is 71.3 Å². The van der Waals surface area contributed by atoms with Crippen molar-refractivity contribution in [1.29, 1.82) is 0 Å². The molecular weight excluding hydrogens is 336 g/mol. The molecule has 0 bridgehead atoms. The molecular formula is C16H23ClN2O3S. The molecule has 5 nitrogen and oxygen atoms in total. The van der Waals surface area contributed by atoms with Crippen LogP contribution in [0.3, 0.4) is 0 Å². The van der Waals surface area contributed by atoms with Gasteiger partial charge in [-0.2, -0.15) is 11.8 Å². The summed E-state index contributed by atoms with van der Waals surface area (Å²) < 4.78 is 5.46. The number of hydrogen-bond donors (Lipinski definition) is 2. The standard InChI is InChI=1S/C16H22N2O3S.ClH/c1-10-8-13(11-2-5-17-6-3-11)21-16(20)14(10)15(19)18-12-4-7-22-9-12;/h8,11-12,17H,2-7,9H2,1H3,(H,18,19);1H. The number of carbonyl (C=O) groups is 1. The lowest BCUT2D eigenvalue weighted by Crippen LogP contribution is -2.37. The Hall–Kier alpha value is -0.980. The molecule has 1 aromatic heterocycles. The van der Waals surface area contributed by atoms with Crippen molar-refractivity contribution in [1.82, 2.24) is 10.6 Å². The SMILES string of the molecule is Cc1cc(C2CCNCC2)oc(=O)c1C(=O)NC1CCSC1.Cl. The fourth-order valence-electron chi connectivity index (χ4n) is 3.12. The van der Waals surface area contributed by atoms with Crippen LogP contribution in [0.1, 0.15) is 46.9 Å². The van der Waals surface area contributed by atoms with E-state index < -0.39 is 5.63 Å². The fraction of sp³-hybridized carbons (Fsp3) is 0.625. The maximum Gasteiger partial charge on any atom is 0.349 e. The van der Waals surface area contributed by atoms with Crippen molar-refractivity contribution < 1.29 is 9.21 Å². The molecule has 1 amide bonds. The first-order chi connectivity index (χ1) is 10.6. The highest BCUT2D eigenvalue weighted by atomic mass is 35.5. The second-order valence-electron chi connectivity index (χ2n) is 6.05. The van der Waals surface area contributed by atoms with Crippen LogP contribution in [0.4, 0.5) is 0 Å². The van der Waals surface area contributed by atoms with Gasteiger partial charge in [-0.05, 0) is 56.7 Å². The summed E-state index contributed by atoms with van der Waals surface area (Å²) in [6.07, 6.45) is 2.90. The minimum absolute atomic E-state index is 0. The quantitative estimate of drug-likeness (QED) is 0.865. The Morgan fingerprint density at radius 3 is 2.70 bits per heavy atom. The predicted molar refractivity (Wildman–Crippen MR) is 95.0 cm³/mol. The summed E-state index contributed by atoms with van der Waals surface area (Å²) >= 11 is 1.83. The Balaban J connectivity index is 0.00000192. The van der Waals surface area contributed by atoms with Crippen LogP contribution >= 0.6 is 24.2 Å². The molecule has 0 saturated carbocycles. The highest BCUT2D eigenvalue weighted by Crippen LogP contribution is 2.25. The molecule has 23 heavy (non-hydrogen) atoms. The van der Waals surface area contributed by atoms with Crippen LogP contribution in [0, 0.1) is 6.92 Å². The second-order valence-corrected chi connectivity index (χ2v) is 7.20. The van der Waals surface area contributed by atoms with Crippen LogP contribution in [0.25, 0.3) is 0 Å². The van der Waals surface area contributed by atoms with Gasteiger partial charge in [-0.1, -0.05) is 0 Å². The third-order valence-corrected chi connectivity index (χ3v) is 5.56. The predicted octanol–water partition coefficient (Wildman–Crippen LogP) is 2.07. The van der Waals surface area contributed by atoms with Crippen LogP contribution in [0.5, 0.6) is 0 Å². The number of aryl methyl sites for hydroxylation is 1. The van der Waals surface area contributed by atoms with E-state index in [-0.39, 0.29) is 35.8 Å². The van der Waals surface area contributed by atoms with Crippen LogP contribution < -0.4 is 16.3 Å². The molecule has 1 aromatic rings. The first-order valence-electron chi connectivity index (χ1n) is 7.89. The summed E-state index contributed by atoms with van der Waals surface area (Å²) in [4.78, 5) is 24.6. The van der Waals surface area contributed by atoms with Crippen molar-refractivity contribution in [2.75, 3.05) is 24.6 Å². The zero-order valence-corrected chi connectivity index (χ0v) is 14.9. The van der Waals surface area contributed by atoms with Crippen molar-refractivity contribution in [2.45, 2.75) is 38.1 Å². The van der Waals surface area contributed by atoms with Gasteiger partial charge in [0.05, 0.1) is 0 Å². The molecule has 0 radical (unpaired) electrons. The van der Waals surface area contributed by atoms with Gasteiger partial charge in [0.2, 0.25) is 0 Å². The van der Waals surface area contributed by atoms with E-state index in [1.54, 1.807) is 0 Å². The van der Waals surface area contributed by atoms with Crippen molar-refractivity contribution in [3.8, 4) is 0 Å². The van der Waals surface area contributed by atoms with E-state index in [4.69, 9.17) is 4.42 Å². The minimum atomic E-state index is -0.503. The molecule has 0 spiro atoms. The Morgan fingerprint density at radius 2 is 2.09 bits per heavy atom. The van der Waals surface area contributed by atoms with Crippen LogP contribution in [-0.2, 0) is 0 Å². The average molecular weight is 359 g/mol. The van der Waals surface area contributed by atoms with Gasteiger partial charge >= 0.3 is 5.63 Å². The maximum atomic E-state index is 12.3. The lowest BCUT2D eigenvalue weighted by molar-refractivity contribution is 0.0935. The molecule has 1 atom stereocenters. The molecule has 2 fully saturated rings. The number of amides is 1. The molecule has 128 valence electrons. The van der Waals surface area contributed by atoms with Crippen molar-refractivity contribution in [3.05, 3.63) is 33.4 Å². The van der Waals surface area contributed by atoms with Crippen LogP contribution in [0.2, 0.25) is 0 Å². The van der Waals surface area contributed by atoms with Gasteiger partial charge in [0.25, 0.3) is 5.91 Å². The van der Waals surface area contributed by atoms with Gasteiger partial charge in [-0.15, -0.1) is 12.4 Å². The molecule has 0 aliphatic carbocycles. The molecule has 3 rings (SSSR count). The normalized spacial score (nSPS) is 21.7. The first kappa shape index (κ1) is 18.4. The summed E-state index contributed by atoms with van der Waals surface area (Å²) in [5, 5.41) is 6.24. The van der Waals surface area contributed by atoms with E-state index in [2.05, 4.69) is 10.6 Å². The van der Waals surface area contributed by atoms with Crippen LogP contribution in [0.15, 0.2) is 15.3 Å². The smallest absolute Gasteiger partial charge is 0.349 e. The van der Waals surface area contributed by atoms with Crippen molar-refractivity contribution in [2.24, 2.45) is 0 Å². The molecule has 2 aliphatic heterocycles. The summed E-state index contributed by atoms with van der Waals surface area (Å²) in [7, 11) is 0. The number of nitrogens with one attached hydrogen (secondary N) is 2. The van der Waals surface area contributed by atoms with E-state index in [0.29, 0.717) is 5.56 Å². The van der Waals surface area contributed by atoms with Gasteiger partial charge in [0.1, 0.15) is 11.3 Å². The zero-order chi connectivity index (χ0) is 15.5. The first-order valence-corrected chi connectivity index (χ1v) is 9.04. The lowest BCUT2D eigenvalue weighted by Gasteiger charge is -2.22. The van der Waals surface area contributed by atoms with Crippen molar-refractivity contribution in [3.63, 3.8) is 0 Å². The highest BCUT2D eigenvalue weighted by Gasteiger charge is 2.24. The Kier molecular flexibility index (Phi) is 6.56. The summed E-state index contributed by atoms with van der Waals surface area (Å²) in [5.74, 6) is 2.68. The summed E-state index contributed by atoms with van der Waals surface area (Å²) in [5.41, 5.74) is 0.374. The molecule has 2 aliphatic rings. The maximum absolute atomic E-state index is 12.3. The van der Waals surface area contributed by atoms with Gasteiger partial charge < -0.3 is 15.1 Å². The van der Waals surface area contributed by atoms with Crippen molar-refractivity contribution >= 4 is 30.1 Å². The number of thioether (sulfide) groups is 1. The van der Waals surface area contributed by atoms with E-state index in [1.165, 1.54) is 0 Å².